The molecule has 0 aromatic carbocycles. The van der Waals surface area contributed by atoms with Gasteiger partial charge in [0.1, 0.15) is 11.1 Å². The van der Waals surface area contributed by atoms with Crippen LogP contribution >= 0.6 is 22.7 Å². The molecule has 2 heterocycles. The molecule has 4 nitrogen and oxygen atoms in total. The maximum Gasteiger partial charge on any atom is 0.242 e. The van der Waals surface area contributed by atoms with Crippen molar-refractivity contribution in [3.05, 3.63) is 37.9 Å². The lowest BCUT2D eigenvalue weighted by Gasteiger charge is -2.23. The molecule has 1 aliphatic rings. The molecule has 0 aliphatic heterocycles. The Morgan fingerprint density at radius 2 is 2.15 bits per heavy atom. The van der Waals surface area contributed by atoms with Crippen molar-refractivity contribution in [3.63, 3.8) is 0 Å². The van der Waals surface area contributed by atoms with E-state index in [1.54, 1.807) is 22.7 Å². The fraction of sp³-hybridized carbons (Fsp3) is 0.500. The third-order valence-electron chi connectivity index (χ3n) is 5.17. The van der Waals surface area contributed by atoms with Crippen LogP contribution in [0.1, 0.15) is 52.6 Å². The Kier molecular flexibility index (Phi) is 6.13. The zero-order chi connectivity index (χ0) is 18.7. The maximum atomic E-state index is 12.8. The van der Waals surface area contributed by atoms with Crippen LogP contribution in [0.2, 0.25) is 0 Å². The Bertz CT molecular complexity index is 831. The quantitative estimate of drug-likeness (QED) is 0.756. The molecule has 138 valence electrons. The Morgan fingerprint density at radius 3 is 2.85 bits per heavy atom. The van der Waals surface area contributed by atoms with Gasteiger partial charge in [0.15, 0.2) is 0 Å². The summed E-state index contributed by atoms with van der Waals surface area (Å²) in [4.78, 5) is 17.4. The van der Waals surface area contributed by atoms with Gasteiger partial charge in [-0.2, -0.15) is 5.26 Å². The SMILES string of the molecule is Cc1ccsc1CN(C)C(C)C(=O)Nc1sc2c(c1C#N)CCCCC2. The highest BCUT2D eigenvalue weighted by Gasteiger charge is 2.24. The van der Waals surface area contributed by atoms with Gasteiger partial charge in [-0.25, -0.2) is 0 Å². The Balaban J connectivity index is 1.71. The van der Waals surface area contributed by atoms with Crippen LogP contribution in [-0.4, -0.2) is 23.9 Å². The second kappa shape index (κ2) is 8.34. The van der Waals surface area contributed by atoms with Gasteiger partial charge in [0, 0.05) is 16.3 Å². The van der Waals surface area contributed by atoms with Crippen molar-refractivity contribution < 1.29 is 4.79 Å². The van der Waals surface area contributed by atoms with Gasteiger partial charge in [0.05, 0.1) is 11.6 Å². The van der Waals surface area contributed by atoms with Crippen molar-refractivity contribution in [2.45, 2.75) is 58.5 Å². The van der Waals surface area contributed by atoms with E-state index in [1.165, 1.54) is 33.7 Å². The highest BCUT2D eigenvalue weighted by molar-refractivity contribution is 7.16. The predicted octanol–water partition coefficient (Wildman–Crippen LogP) is 4.72. The molecule has 2 aromatic heterocycles. The number of carbonyl (C=O) groups excluding carboxylic acids is 1. The van der Waals surface area contributed by atoms with Gasteiger partial charge in [-0.15, -0.1) is 22.7 Å². The predicted molar refractivity (Wildman–Crippen MR) is 109 cm³/mol. The highest BCUT2D eigenvalue weighted by Crippen LogP contribution is 2.37. The van der Waals surface area contributed by atoms with E-state index in [1.807, 2.05) is 14.0 Å². The topological polar surface area (TPSA) is 56.1 Å². The minimum Gasteiger partial charge on any atom is -0.315 e. The number of likely N-dealkylation sites (N-methyl/N-ethyl adjacent to an activating group) is 1. The second-order valence-electron chi connectivity index (χ2n) is 6.99. The minimum absolute atomic E-state index is 0.0466. The summed E-state index contributed by atoms with van der Waals surface area (Å²) in [5, 5.41) is 15.5. The van der Waals surface area contributed by atoms with Gasteiger partial charge in [-0.1, -0.05) is 6.42 Å². The van der Waals surface area contributed by atoms with Crippen LogP contribution in [0, 0.1) is 18.3 Å². The number of fused-ring (bicyclic) bond motifs is 1. The minimum atomic E-state index is -0.259. The molecule has 3 rings (SSSR count). The lowest BCUT2D eigenvalue weighted by molar-refractivity contribution is -0.120. The van der Waals surface area contributed by atoms with Gasteiger partial charge >= 0.3 is 0 Å². The number of nitrogens with zero attached hydrogens (tertiary/aromatic N) is 2. The molecule has 1 amide bonds. The molecule has 1 atom stereocenters. The number of hydrogen-bond donors (Lipinski definition) is 1. The maximum absolute atomic E-state index is 12.8. The van der Waals surface area contributed by atoms with Crippen molar-refractivity contribution >= 4 is 33.6 Å². The van der Waals surface area contributed by atoms with Crippen LogP contribution in [-0.2, 0) is 24.2 Å². The van der Waals surface area contributed by atoms with E-state index < -0.39 is 0 Å². The molecule has 1 aliphatic carbocycles. The molecule has 26 heavy (non-hydrogen) atoms. The Hall–Kier alpha value is -1.68. The monoisotopic (exact) mass is 387 g/mol. The zero-order valence-corrected chi connectivity index (χ0v) is 17.2. The van der Waals surface area contributed by atoms with E-state index in [4.69, 9.17) is 0 Å². The highest BCUT2D eigenvalue weighted by atomic mass is 32.1. The molecule has 6 heteroatoms. The molecule has 1 unspecified atom stereocenters. The van der Waals surface area contributed by atoms with E-state index in [9.17, 15) is 10.1 Å². The van der Waals surface area contributed by atoms with E-state index >= 15 is 0 Å². The first kappa shape index (κ1) is 19.1. The number of rotatable bonds is 5. The van der Waals surface area contributed by atoms with Crippen LogP contribution in [0.3, 0.4) is 0 Å². The van der Waals surface area contributed by atoms with Crippen LogP contribution in [0.25, 0.3) is 0 Å². The number of hydrogen-bond acceptors (Lipinski definition) is 5. The fourth-order valence-corrected chi connectivity index (χ4v) is 5.51. The first-order valence-corrected chi connectivity index (χ1v) is 10.8. The summed E-state index contributed by atoms with van der Waals surface area (Å²) in [6.07, 6.45) is 5.50. The number of carbonyl (C=O) groups is 1. The van der Waals surface area contributed by atoms with Crippen LogP contribution in [0.4, 0.5) is 5.00 Å². The number of thiophene rings is 2. The Morgan fingerprint density at radius 1 is 1.38 bits per heavy atom. The number of amides is 1. The van der Waals surface area contributed by atoms with Crippen LogP contribution in [0.15, 0.2) is 11.4 Å². The average molecular weight is 388 g/mol. The van der Waals surface area contributed by atoms with Gasteiger partial charge in [0.25, 0.3) is 0 Å². The van der Waals surface area contributed by atoms with Crippen molar-refractivity contribution in [3.8, 4) is 6.07 Å². The van der Waals surface area contributed by atoms with Crippen LogP contribution < -0.4 is 5.32 Å². The van der Waals surface area contributed by atoms with Crippen LogP contribution in [0.5, 0.6) is 0 Å². The summed E-state index contributed by atoms with van der Waals surface area (Å²) in [5.74, 6) is -0.0466. The molecular formula is C20H25N3OS2. The van der Waals surface area contributed by atoms with E-state index in [0.717, 1.165) is 30.8 Å². The van der Waals surface area contributed by atoms with E-state index in [2.05, 4.69) is 34.7 Å². The molecular weight excluding hydrogens is 362 g/mol. The number of nitrogens with one attached hydrogen (secondary N) is 1. The lowest BCUT2D eigenvalue weighted by atomic mass is 10.1. The lowest BCUT2D eigenvalue weighted by Crippen LogP contribution is -2.39. The summed E-state index contributed by atoms with van der Waals surface area (Å²) in [5.41, 5.74) is 3.12. The largest absolute Gasteiger partial charge is 0.315 e. The first-order chi connectivity index (χ1) is 12.5. The van der Waals surface area contributed by atoms with Gasteiger partial charge in [-0.3, -0.25) is 9.69 Å². The van der Waals surface area contributed by atoms with Crippen molar-refractivity contribution in [1.82, 2.24) is 4.90 Å². The summed E-state index contributed by atoms with van der Waals surface area (Å²) in [6.45, 7) is 4.77. The fourth-order valence-electron chi connectivity index (χ4n) is 3.30. The summed E-state index contributed by atoms with van der Waals surface area (Å²) >= 11 is 3.32. The average Bonchev–Trinajstić information content (AvgIpc) is 3.08. The third-order valence-corrected chi connectivity index (χ3v) is 7.39. The van der Waals surface area contributed by atoms with E-state index in [-0.39, 0.29) is 11.9 Å². The molecule has 0 spiro atoms. The second-order valence-corrected chi connectivity index (χ2v) is 9.09. The summed E-state index contributed by atoms with van der Waals surface area (Å²) < 4.78 is 0. The first-order valence-electron chi connectivity index (χ1n) is 9.10. The number of anilines is 1. The van der Waals surface area contributed by atoms with E-state index in [0.29, 0.717) is 5.56 Å². The van der Waals surface area contributed by atoms with Gasteiger partial charge in [-0.05, 0) is 69.2 Å². The van der Waals surface area contributed by atoms with Gasteiger partial charge < -0.3 is 5.32 Å². The number of nitriles is 1. The molecule has 0 saturated carbocycles. The normalized spacial score (nSPS) is 15.2. The molecule has 0 fully saturated rings. The standard InChI is InChI=1S/C20H25N3OS2/c1-13-9-10-25-18(13)12-23(3)14(2)19(24)22-20-16(11-21)15-7-5-4-6-8-17(15)26-20/h9-10,14H,4-8,12H2,1-3H3,(H,22,24). The molecule has 2 aromatic rings. The summed E-state index contributed by atoms with van der Waals surface area (Å²) in [6, 6.07) is 4.18. The molecule has 0 bridgehead atoms. The Labute approximate surface area is 163 Å². The number of aryl methyl sites for hydroxylation is 2. The van der Waals surface area contributed by atoms with Crippen molar-refractivity contribution in [2.75, 3.05) is 12.4 Å². The third kappa shape index (κ3) is 4.01. The molecule has 0 radical (unpaired) electrons. The zero-order valence-electron chi connectivity index (χ0n) is 15.6. The summed E-state index contributed by atoms with van der Waals surface area (Å²) in [7, 11) is 1.97. The van der Waals surface area contributed by atoms with Crippen molar-refractivity contribution in [1.29, 1.82) is 5.26 Å². The molecule has 1 N–H and O–H groups in total. The molecule has 0 saturated heterocycles. The van der Waals surface area contributed by atoms with Gasteiger partial charge in [0.2, 0.25) is 5.91 Å². The van der Waals surface area contributed by atoms with Crippen molar-refractivity contribution in [2.24, 2.45) is 0 Å². The smallest absolute Gasteiger partial charge is 0.242 e.